The van der Waals surface area contributed by atoms with Crippen molar-refractivity contribution in [1.29, 1.82) is 0 Å². The van der Waals surface area contributed by atoms with E-state index in [0.29, 0.717) is 5.02 Å². The van der Waals surface area contributed by atoms with Gasteiger partial charge in [0.05, 0.1) is 21.8 Å². The van der Waals surface area contributed by atoms with Crippen molar-refractivity contribution in [2.45, 2.75) is 32.7 Å². The van der Waals surface area contributed by atoms with Crippen molar-refractivity contribution in [3.63, 3.8) is 0 Å². The lowest BCUT2D eigenvalue weighted by Crippen LogP contribution is -2.08. The van der Waals surface area contributed by atoms with Gasteiger partial charge >= 0.3 is 0 Å². The molecule has 0 amide bonds. The molecule has 0 spiro atoms. The van der Waals surface area contributed by atoms with Crippen LogP contribution >= 0.6 is 23.2 Å². The predicted octanol–water partition coefficient (Wildman–Crippen LogP) is 4.50. The molecule has 1 unspecified atom stereocenters. The largest absolute Gasteiger partial charge is 0.278 e. The van der Waals surface area contributed by atoms with Crippen molar-refractivity contribution in [1.82, 2.24) is 19.3 Å². The quantitative estimate of drug-likeness (QED) is 0.665. The van der Waals surface area contributed by atoms with E-state index < -0.39 is 0 Å². The van der Waals surface area contributed by atoms with Gasteiger partial charge in [0.15, 0.2) is 5.65 Å². The van der Waals surface area contributed by atoms with Crippen molar-refractivity contribution in [2.24, 2.45) is 0 Å². The normalized spacial score (nSPS) is 13.0. The maximum atomic E-state index is 6.37. The Morgan fingerprint density at radius 1 is 1.29 bits per heavy atom. The summed E-state index contributed by atoms with van der Waals surface area (Å²) < 4.78 is 3.95. The van der Waals surface area contributed by atoms with Crippen LogP contribution in [0.5, 0.6) is 0 Å². The molecule has 4 nitrogen and oxygen atoms in total. The highest BCUT2D eigenvalue weighted by Gasteiger charge is 2.22. The Kier molecular flexibility index (Phi) is 3.68. The van der Waals surface area contributed by atoms with E-state index in [9.17, 15) is 0 Å². The summed E-state index contributed by atoms with van der Waals surface area (Å²) >= 11 is 12.7. The molecule has 3 aromatic rings. The maximum Gasteiger partial charge on any atom is 0.163 e. The molecule has 0 aliphatic heterocycles. The fraction of sp³-hybridized carbons (Fsp3) is 0.333. The van der Waals surface area contributed by atoms with Gasteiger partial charge in [-0.15, -0.1) is 11.6 Å². The van der Waals surface area contributed by atoms with Crippen LogP contribution in [0, 0.1) is 6.92 Å². The van der Waals surface area contributed by atoms with Crippen molar-refractivity contribution in [3.8, 4) is 5.69 Å². The Morgan fingerprint density at radius 3 is 2.62 bits per heavy atom. The van der Waals surface area contributed by atoms with Crippen LogP contribution in [0.1, 0.15) is 30.7 Å². The Balaban J connectivity index is 2.43. The van der Waals surface area contributed by atoms with Crippen LogP contribution in [-0.4, -0.2) is 19.3 Å². The maximum absolute atomic E-state index is 6.37. The van der Waals surface area contributed by atoms with E-state index in [1.807, 2.05) is 47.4 Å². The molecule has 3 rings (SSSR count). The number of hydrogen-bond donors (Lipinski definition) is 0. The van der Waals surface area contributed by atoms with Crippen LogP contribution in [0.2, 0.25) is 5.02 Å². The van der Waals surface area contributed by atoms with Gasteiger partial charge in [-0.25, -0.2) is 9.67 Å². The second-order valence-electron chi connectivity index (χ2n) is 4.95. The first-order valence-electron chi connectivity index (χ1n) is 6.89. The van der Waals surface area contributed by atoms with E-state index in [1.165, 1.54) is 0 Å². The molecule has 110 valence electrons. The van der Waals surface area contributed by atoms with E-state index in [0.717, 1.165) is 34.9 Å². The third kappa shape index (κ3) is 2.23. The number of imidazole rings is 1. The predicted molar refractivity (Wildman–Crippen MR) is 86.5 cm³/mol. The zero-order valence-electron chi connectivity index (χ0n) is 12.1. The van der Waals surface area contributed by atoms with Gasteiger partial charge in [-0.2, -0.15) is 5.10 Å². The molecular formula is C15H16Cl2N4. The molecule has 0 radical (unpaired) electrons. The summed E-state index contributed by atoms with van der Waals surface area (Å²) in [5.74, 6) is 0.780. The van der Waals surface area contributed by atoms with Crippen LogP contribution in [0.4, 0.5) is 0 Å². The van der Waals surface area contributed by atoms with Crippen LogP contribution in [-0.2, 0) is 6.54 Å². The number of hydrogen-bond acceptors (Lipinski definition) is 2. The summed E-state index contributed by atoms with van der Waals surface area (Å²) in [6.07, 6.45) is 0. The van der Waals surface area contributed by atoms with Crippen LogP contribution in [0.25, 0.3) is 16.9 Å². The van der Waals surface area contributed by atoms with Crippen LogP contribution < -0.4 is 0 Å². The fourth-order valence-corrected chi connectivity index (χ4v) is 2.91. The van der Waals surface area contributed by atoms with E-state index in [-0.39, 0.29) is 5.38 Å². The Hall–Kier alpha value is -1.52. The third-order valence-electron chi connectivity index (χ3n) is 3.49. The summed E-state index contributed by atoms with van der Waals surface area (Å²) in [7, 11) is 0. The first-order valence-corrected chi connectivity index (χ1v) is 7.70. The molecule has 2 aromatic heterocycles. The number of aryl methyl sites for hydroxylation is 2. The van der Waals surface area contributed by atoms with Gasteiger partial charge in [0.1, 0.15) is 11.3 Å². The average Bonchev–Trinajstić information content (AvgIpc) is 2.98. The molecule has 0 aliphatic carbocycles. The van der Waals surface area contributed by atoms with Crippen molar-refractivity contribution >= 4 is 34.4 Å². The SMILES string of the molecule is CCn1nc(C)c2nc(C(C)Cl)n(-c3ccccc3Cl)c21. The zero-order valence-corrected chi connectivity index (χ0v) is 13.7. The minimum atomic E-state index is -0.224. The summed E-state index contributed by atoms with van der Waals surface area (Å²) in [5, 5.41) is 4.97. The Bertz CT molecular complexity index is 801. The molecule has 0 aliphatic rings. The van der Waals surface area contributed by atoms with Crippen LogP contribution in [0.15, 0.2) is 24.3 Å². The minimum Gasteiger partial charge on any atom is -0.278 e. The molecular weight excluding hydrogens is 307 g/mol. The number of halogens is 2. The minimum absolute atomic E-state index is 0.224. The smallest absolute Gasteiger partial charge is 0.163 e. The lowest BCUT2D eigenvalue weighted by atomic mass is 10.3. The number of benzene rings is 1. The van der Waals surface area contributed by atoms with Gasteiger partial charge in [-0.1, -0.05) is 23.7 Å². The second kappa shape index (κ2) is 5.35. The summed E-state index contributed by atoms with van der Waals surface area (Å²) in [4.78, 5) is 4.69. The van der Waals surface area contributed by atoms with Gasteiger partial charge in [0.25, 0.3) is 0 Å². The van der Waals surface area contributed by atoms with Crippen molar-refractivity contribution < 1.29 is 0 Å². The lowest BCUT2D eigenvalue weighted by Gasteiger charge is -2.13. The number of rotatable bonds is 3. The van der Waals surface area contributed by atoms with Gasteiger partial charge in [-0.3, -0.25) is 4.57 Å². The first kappa shape index (κ1) is 14.4. The molecule has 21 heavy (non-hydrogen) atoms. The number of fused-ring (bicyclic) bond motifs is 1. The topological polar surface area (TPSA) is 35.6 Å². The third-order valence-corrected chi connectivity index (χ3v) is 4.00. The monoisotopic (exact) mass is 322 g/mol. The number of alkyl halides is 1. The molecule has 0 saturated heterocycles. The lowest BCUT2D eigenvalue weighted by molar-refractivity contribution is 0.658. The van der Waals surface area contributed by atoms with Gasteiger partial charge < -0.3 is 0 Å². The van der Waals surface area contributed by atoms with E-state index in [1.54, 1.807) is 0 Å². The van der Waals surface area contributed by atoms with E-state index in [2.05, 4.69) is 17.0 Å². The summed E-state index contributed by atoms with van der Waals surface area (Å²) in [6.45, 7) is 6.69. The highest BCUT2D eigenvalue weighted by atomic mass is 35.5. The molecule has 6 heteroatoms. The summed E-state index contributed by atoms with van der Waals surface area (Å²) in [5.41, 5.74) is 3.58. The Labute approximate surface area is 133 Å². The van der Waals surface area contributed by atoms with E-state index in [4.69, 9.17) is 23.2 Å². The van der Waals surface area contributed by atoms with Gasteiger partial charge in [0.2, 0.25) is 0 Å². The molecule has 2 heterocycles. The number of para-hydroxylation sites is 1. The van der Waals surface area contributed by atoms with E-state index >= 15 is 0 Å². The molecule has 1 aromatic carbocycles. The highest BCUT2D eigenvalue weighted by molar-refractivity contribution is 6.32. The van der Waals surface area contributed by atoms with Crippen molar-refractivity contribution in [2.75, 3.05) is 0 Å². The molecule has 0 saturated carbocycles. The number of aromatic nitrogens is 4. The fourth-order valence-electron chi connectivity index (χ4n) is 2.54. The molecule has 0 fully saturated rings. The summed E-state index contributed by atoms with van der Waals surface area (Å²) in [6, 6.07) is 7.70. The van der Waals surface area contributed by atoms with Gasteiger partial charge in [0, 0.05) is 6.54 Å². The van der Waals surface area contributed by atoms with Crippen LogP contribution in [0.3, 0.4) is 0 Å². The average molecular weight is 323 g/mol. The van der Waals surface area contributed by atoms with Crippen molar-refractivity contribution in [3.05, 3.63) is 40.8 Å². The number of nitrogens with zero attached hydrogens (tertiary/aromatic N) is 4. The standard InChI is InChI=1S/C15H16Cl2N4/c1-4-20-15-13(10(3)19-20)18-14(9(2)16)21(15)12-8-6-5-7-11(12)17/h5-9H,4H2,1-3H3. The second-order valence-corrected chi connectivity index (χ2v) is 6.01. The molecule has 0 bridgehead atoms. The molecule has 0 N–H and O–H groups in total. The highest BCUT2D eigenvalue weighted by Crippen LogP contribution is 2.32. The first-order chi connectivity index (χ1) is 10.0. The van der Waals surface area contributed by atoms with Gasteiger partial charge in [-0.05, 0) is 32.9 Å². The zero-order chi connectivity index (χ0) is 15.1. The Morgan fingerprint density at radius 2 is 2.00 bits per heavy atom. The molecule has 1 atom stereocenters.